The van der Waals surface area contributed by atoms with Crippen LogP contribution in [0.2, 0.25) is 0 Å². The van der Waals surface area contributed by atoms with Gasteiger partial charge in [0.1, 0.15) is 12.1 Å². The Morgan fingerprint density at radius 1 is 1.30 bits per heavy atom. The molecule has 0 aliphatic heterocycles. The second-order valence-electron chi connectivity index (χ2n) is 6.22. The van der Waals surface area contributed by atoms with Gasteiger partial charge >= 0.3 is 0 Å². The van der Waals surface area contributed by atoms with E-state index in [0.29, 0.717) is 17.7 Å². The molecule has 0 aliphatic carbocycles. The first-order chi connectivity index (χ1) is 12.8. The summed E-state index contributed by atoms with van der Waals surface area (Å²) in [6.07, 6.45) is 2.54. The van der Waals surface area contributed by atoms with Gasteiger partial charge in [0.2, 0.25) is 5.95 Å². The SMILES string of the molecule is CCCc1cccc(CC(O)(O)O)c1OCn1cnc2c(=O)[nH]c(N)nc21. The van der Waals surface area contributed by atoms with Crippen molar-refractivity contribution < 1.29 is 20.1 Å². The Morgan fingerprint density at radius 3 is 2.74 bits per heavy atom. The molecular formula is C17H21N5O5. The Labute approximate surface area is 153 Å². The zero-order chi connectivity index (χ0) is 19.6. The van der Waals surface area contributed by atoms with Crippen LogP contribution >= 0.6 is 0 Å². The van der Waals surface area contributed by atoms with Gasteiger partial charge in [-0.05, 0) is 12.0 Å². The number of nitrogens with one attached hydrogen (secondary N) is 1. The van der Waals surface area contributed by atoms with Crippen molar-refractivity contribution in [2.45, 2.75) is 38.9 Å². The number of aryl methyl sites for hydroxylation is 1. The number of para-hydroxylation sites is 1. The number of nitrogens with zero attached hydrogens (tertiary/aromatic N) is 3. The Kier molecular flexibility index (Phi) is 5.13. The van der Waals surface area contributed by atoms with Crippen molar-refractivity contribution in [3.05, 3.63) is 46.0 Å². The highest BCUT2D eigenvalue weighted by molar-refractivity contribution is 5.70. The summed E-state index contributed by atoms with van der Waals surface area (Å²) in [6, 6.07) is 5.26. The summed E-state index contributed by atoms with van der Waals surface area (Å²) in [6.45, 7) is 1.97. The van der Waals surface area contributed by atoms with Gasteiger partial charge in [0.15, 0.2) is 17.9 Å². The molecule has 6 N–H and O–H groups in total. The number of aromatic amines is 1. The average Bonchev–Trinajstić information content (AvgIpc) is 2.96. The third-order valence-electron chi connectivity index (χ3n) is 3.97. The minimum Gasteiger partial charge on any atom is -0.472 e. The first-order valence-electron chi connectivity index (χ1n) is 8.40. The second kappa shape index (κ2) is 7.35. The molecule has 10 nitrogen and oxygen atoms in total. The van der Waals surface area contributed by atoms with E-state index in [1.807, 2.05) is 13.0 Å². The minimum absolute atomic E-state index is 0.0323. The predicted octanol–water partition coefficient (Wildman–Crippen LogP) is -0.136. The van der Waals surface area contributed by atoms with E-state index in [4.69, 9.17) is 10.5 Å². The summed E-state index contributed by atoms with van der Waals surface area (Å²) in [4.78, 5) is 22.3. The third kappa shape index (κ3) is 4.25. The van der Waals surface area contributed by atoms with Crippen LogP contribution in [0.5, 0.6) is 5.75 Å². The Hall–Kier alpha value is -2.95. The van der Waals surface area contributed by atoms with Crippen LogP contribution in [0.4, 0.5) is 5.95 Å². The molecule has 1 aromatic carbocycles. The molecule has 0 atom stereocenters. The topological polar surface area (TPSA) is 160 Å². The zero-order valence-corrected chi connectivity index (χ0v) is 14.7. The fraction of sp³-hybridized carbons (Fsp3) is 0.353. The molecule has 3 rings (SSSR count). The fourth-order valence-electron chi connectivity index (χ4n) is 2.88. The monoisotopic (exact) mass is 375 g/mol. The van der Waals surface area contributed by atoms with Crippen LogP contribution in [0.15, 0.2) is 29.3 Å². The molecule has 2 aromatic heterocycles. The van der Waals surface area contributed by atoms with Crippen LogP contribution < -0.4 is 16.0 Å². The molecule has 10 heteroatoms. The maximum absolute atomic E-state index is 11.9. The first-order valence-corrected chi connectivity index (χ1v) is 8.40. The lowest BCUT2D eigenvalue weighted by Gasteiger charge is -2.19. The van der Waals surface area contributed by atoms with Gasteiger partial charge in [0.25, 0.3) is 11.5 Å². The van der Waals surface area contributed by atoms with Crippen molar-refractivity contribution in [1.29, 1.82) is 0 Å². The van der Waals surface area contributed by atoms with Gasteiger partial charge in [-0.3, -0.25) is 14.3 Å². The van der Waals surface area contributed by atoms with Crippen molar-refractivity contribution in [1.82, 2.24) is 19.5 Å². The van der Waals surface area contributed by atoms with Crippen LogP contribution in [0.25, 0.3) is 11.2 Å². The lowest BCUT2D eigenvalue weighted by molar-refractivity contribution is -0.309. The molecule has 0 unspecified atom stereocenters. The number of aromatic nitrogens is 4. The van der Waals surface area contributed by atoms with Gasteiger partial charge in [0.05, 0.1) is 6.42 Å². The van der Waals surface area contributed by atoms with E-state index in [9.17, 15) is 20.1 Å². The van der Waals surface area contributed by atoms with Crippen molar-refractivity contribution in [2.24, 2.45) is 0 Å². The molecule has 0 fully saturated rings. The van der Waals surface area contributed by atoms with Crippen molar-refractivity contribution in [2.75, 3.05) is 5.73 Å². The van der Waals surface area contributed by atoms with Gasteiger partial charge in [0, 0.05) is 5.56 Å². The number of nitrogen functional groups attached to an aromatic ring is 1. The van der Waals surface area contributed by atoms with Gasteiger partial charge in [-0.2, -0.15) is 4.98 Å². The number of aliphatic hydroxyl groups is 3. The Morgan fingerprint density at radius 2 is 2.04 bits per heavy atom. The van der Waals surface area contributed by atoms with Crippen molar-refractivity contribution >= 4 is 17.1 Å². The molecule has 144 valence electrons. The smallest absolute Gasteiger partial charge is 0.280 e. The minimum atomic E-state index is -2.85. The highest BCUT2D eigenvalue weighted by Crippen LogP contribution is 2.28. The van der Waals surface area contributed by atoms with Gasteiger partial charge in [-0.1, -0.05) is 31.5 Å². The summed E-state index contributed by atoms with van der Waals surface area (Å²) >= 11 is 0. The lowest BCUT2D eigenvalue weighted by atomic mass is 10.0. The molecule has 0 aliphatic rings. The average molecular weight is 375 g/mol. The molecule has 2 heterocycles. The van der Waals surface area contributed by atoms with E-state index >= 15 is 0 Å². The lowest BCUT2D eigenvalue weighted by Crippen LogP contribution is -2.30. The maximum Gasteiger partial charge on any atom is 0.280 e. The maximum atomic E-state index is 11.9. The number of rotatable bonds is 7. The fourth-order valence-corrected chi connectivity index (χ4v) is 2.88. The summed E-state index contributed by atoms with van der Waals surface area (Å²) in [5.74, 6) is -2.46. The van der Waals surface area contributed by atoms with E-state index in [-0.39, 0.29) is 23.8 Å². The molecule has 3 aromatic rings. The predicted molar refractivity (Wildman–Crippen MR) is 96.7 cm³/mol. The summed E-state index contributed by atoms with van der Waals surface area (Å²) < 4.78 is 7.41. The van der Waals surface area contributed by atoms with Crippen LogP contribution in [-0.2, 0) is 19.6 Å². The zero-order valence-electron chi connectivity index (χ0n) is 14.7. The largest absolute Gasteiger partial charge is 0.472 e. The summed E-state index contributed by atoms with van der Waals surface area (Å²) in [5, 5.41) is 28.0. The Bertz CT molecular complexity index is 1010. The first kappa shape index (κ1) is 18.8. The molecule has 0 bridgehead atoms. The highest BCUT2D eigenvalue weighted by atomic mass is 16.7. The molecular weight excluding hydrogens is 354 g/mol. The number of hydrogen-bond donors (Lipinski definition) is 5. The number of nitrogens with two attached hydrogens (primary N) is 1. The van der Waals surface area contributed by atoms with Gasteiger partial charge in [-0.15, -0.1) is 0 Å². The number of ether oxygens (including phenoxy) is 1. The number of imidazole rings is 1. The van der Waals surface area contributed by atoms with E-state index in [1.165, 1.54) is 10.9 Å². The standard InChI is InChI=1S/C17H21N5O5/c1-2-4-10-5-3-6-11(7-17(24,25)26)13(10)27-9-22-8-19-12-14(22)20-16(18)21-15(12)23/h3,5-6,8,24-26H,2,4,7,9H2,1H3,(H3,18,20,21,23). The molecule has 0 radical (unpaired) electrons. The normalized spacial score (nSPS) is 11.9. The van der Waals surface area contributed by atoms with Crippen molar-refractivity contribution in [3.8, 4) is 5.75 Å². The number of benzene rings is 1. The summed E-state index contributed by atoms with van der Waals surface area (Å²) in [7, 11) is 0. The number of anilines is 1. The van der Waals surface area contributed by atoms with Crippen LogP contribution in [0.3, 0.4) is 0 Å². The number of H-pyrrole nitrogens is 1. The molecule has 0 spiro atoms. The van der Waals surface area contributed by atoms with E-state index < -0.39 is 18.0 Å². The highest BCUT2D eigenvalue weighted by Gasteiger charge is 2.23. The van der Waals surface area contributed by atoms with Crippen molar-refractivity contribution in [3.63, 3.8) is 0 Å². The Balaban J connectivity index is 1.94. The van der Waals surface area contributed by atoms with Gasteiger partial charge < -0.3 is 25.8 Å². The molecule has 0 saturated carbocycles. The van der Waals surface area contributed by atoms with E-state index in [1.54, 1.807) is 12.1 Å². The second-order valence-corrected chi connectivity index (χ2v) is 6.22. The quantitative estimate of drug-likeness (QED) is 0.357. The van der Waals surface area contributed by atoms with Gasteiger partial charge in [-0.25, -0.2) is 4.98 Å². The summed E-state index contributed by atoms with van der Waals surface area (Å²) in [5.41, 5.74) is 6.83. The third-order valence-corrected chi connectivity index (χ3v) is 3.97. The van der Waals surface area contributed by atoms with Crippen LogP contribution in [0, 0.1) is 0 Å². The molecule has 27 heavy (non-hydrogen) atoms. The molecule has 0 amide bonds. The van der Waals surface area contributed by atoms with E-state index in [2.05, 4.69) is 15.0 Å². The number of hydrogen-bond acceptors (Lipinski definition) is 8. The van der Waals surface area contributed by atoms with Crippen LogP contribution in [0.1, 0.15) is 24.5 Å². The van der Waals surface area contributed by atoms with Crippen LogP contribution in [-0.4, -0.2) is 40.8 Å². The molecule has 0 saturated heterocycles. The van der Waals surface area contributed by atoms with E-state index in [0.717, 1.165) is 12.0 Å². The number of fused-ring (bicyclic) bond motifs is 1.